The molecule has 0 radical (unpaired) electrons. The molecule has 0 bridgehead atoms. The van der Waals surface area contributed by atoms with Crippen LogP contribution in [0.1, 0.15) is 34.5 Å². The van der Waals surface area contributed by atoms with Gasteiger partial charge in [0, 0.05) is 24.8 Å². The van der Waals surface area contributed by atoms with E-state index < -0.39 is 0 Å². The number of hydrogen-bond acceptors (Lipinski definition) is 3. The lowest BCUT2D eigenvalue weighted by Gasteiger charge is -2.32. The fraction of sp³-hybridized carbons (Fsp3) is 0.281. The standard InChI is InChI=1S/C32H34N2O3/c1-23-28(32(35)33-18-16-25(17-19-33)20-24-10-6-4-7-11-24)22-30(26-12-8-5-9-13-26)34(23)29-15-14-27(36-2)21-31(29)37-3/h4-15,21-22,25H,16-20H2,1-3H3. The van der Waals surface area contributed by atoms with Crippen molar-refractivity contribution in [3.63, 3.8) is 0 Å². The number of amides is 1. The van der Waals surface area contributed by atoms with Crippen LogP contribution < -0.4 is 9.47 Å². The summed E-state index contributed by atoms with van der Waals surface area (Å²) in [6.45, 7) is 3.59. The molecule has 0 aliphatic carbocycles. The molecule has 1 fully saturated rings. The van der Waals surface area contributed by atoms with E-state index in [9.17, 15) is 4.79 Å². The van der Waals surface area contributed by atoms with E-state index in [-0.39, 0.29) is 5.91 Å². The maximum atomic E-state index is 13.8. The molecule has 5 nitrogen and oxygen atoms in total. The van der Waals surface area contributed by atoms with Crippen molar-refractivity contribution < 1.29 is 14.3 Å². The molecule has 0 unspecified atom stereocenters. The van der Waals surface area contributed by atoms with Crippen LogP contribution in [0, 0.1) is 12.8 Å². The van der Waals surface area contributed by atoms with Crippen molar-refractivity contribution in [1.29, 1.82) is 0 Å². The first-order valence-corrected chi connectivity index (χ1v) is 12.9. The average molecular weight is 495 g/mol. The number of methoxy groups -OCH3 is 2. The highest BCUT2D eigenvalue weighted by molar-refractivity contribution is 5.97. The van der Waals surface area contributed by atoms with Crippen LogP contribution in [0.15, 0.2) is 84.9 Å². The van der Waals surface area contributed by atoms with Gasteiger partial charge in [0.2, 0.25) is 0 Å². The number of likely N-dealkylation sites (tertiary alicyclic amines) is 1. The Balaban J connectivity index is 1.45. The Hall–Kier alpha value is -3.99. The first-order chi connectivity index (χ1) is 18.1. The van der Waals surface area contributed by atoms with Crippen molar-refractivity contribution in [1.82, 2.24) is 9.47 Å². The molecule has 5 rings (SSSR count). The Kier molecular flexibility index (Phi) is 7.31. The molecule has 0 spiro atoms. The van der Waals surface area contributed by atoms with Crippen LogP contribution in [0.25, 0.3) is 16.9 Å². The van der Waals surface area contributed by atoms with Gasteiger partial charge in [0.1, 0.15) is 11.5 Å². The molecule has 1 amide bonds. The van der Waals surface area contributed by atoms with Gasteiger partial charge in [-0.3, -0.25) is 4.79 Å². The maximum Gasteiger partial charge on any atom is 0.255 e. The van der Waals surface area contributed by atoms with Crippen LogP contribution in [0.4, 0.5) is 0 Å². The average Bonchev–Trinajstić information content (AvgIpc) is 3.30. The number of nitrogens with zero attached hydrogens (tertiary/aromatic N) is 2. The molecule has 0 saturated carbocycles. The highest BCUT2D eigenvalue weighted by Gasteiger charge is 2.28. The first kappa shape index (κ1) is 24.7. The van der Waals surface area contributed by atoms with Gasteiger partial charge in [0.15, 0.2) is 0 Å². The number of aromatic nitrogens is 1. The van der Waals surface area contributed by atoms with Crippen LogP contribution in [-0.2, 0) is 6.42 Å². The molecule has 5 heteroatoms. The largest absolute Gasteiger partial charge is 0.497 e. The van der Waals surface area contributed by atoms with Crippen molar-refractivity contribution in [2.45, 2.75) is 26.2 Å². The highest BCUT2D eigenvalue weighted by Crippen LogP contribution is 2.36. The summed E-state index contributed by atoms with van der Waals surface area (Å²) in [6.07, 6.45) is 3.13. The van der Waals surface area contributed by atoms with Gasteiger partial charge in [-0.25, -0.2) is 0 Å². The van der Waals surface area contributed by atoms with Crippen molar-refractivity contribution >= 4 is 5.91 Å². The molecule has 0 N–H and O–H groups in total. The quantitative estimate of drug-likeness (QED) is 0.292. The SMILES string of the molecule is COc1ccc(-n2c(-c3ccccc3)cc(C(=O)N3CCC(Cc4ccccc4)CC3)c2C)c(OC)c1. The number of hydrogen-bond donors (Lipinski definition) is 0. The van der Waals surface area contributed by atoms with E-state index in [0.29, 0.717) is 11.7 Å². The number of rotatable bonds is 7. The molecule has 1 aliphatic heterocycles. The topological polar surface area (TPSA) is 43.7 Å². The predicted octanol–water partition coefficient (Wildman–Crippen LogP) is 6.56. The van der Waals surface area contributed by atoms with E-state index in [0.717, 1.165) is 66.3 Å². The minimum absolute atomic E-state index is 0.0964. The van der Waals surface area contributed by atoms with Crippen LogP contribution in [0.5, 0.6) is 11.5 Å². The third-order valence-electron chi connectivity index (χ3n) is 7.44. The van der Waals surface area contributed by atoms with Crippen LogP contribution in [0.2, 0.25) is 0 Å². The molecule has 0 atom stereocenters. The fourth-order valence-electron chi connectivity index (χ4n) is 5.38. The van der Waals surface area contributed by atoms with Gasteiger partial charge in [-0.05, 0) is 61.4 Å². The summed E-state index contributed by atoms with van der Waals surface area (Å²) in [5.74, 6) is 2.12. The molecular formula is C32H34N2O3. The predicted molar refractivity (Wildman–Crippen MR) is 148 cm³/mol. The monoisotopic (exact) mass is 494 g/mol. The number of carbonyl (C=O) groups is 1. The van der Waals surface area contributed by atoms with Crippen molar-refractivity contribution in [2.75, 3.05) is 27.3 Å². The number of benzene rings is 3. The lowest BCUT2D eigenvalue weighted by molar-refractivity contribution is 0.0690. The van der Waals surface area contributed by atoms with Gasteiger partial charge >= 0.3 is 0 Å². The van der Waals surface area contributed by atoms with Gasteiger partial charge in [-0.2, -0.15) is 0 Å². The second-order valence-electron chi connectivity index (χ2n) is 9.69. The third-order valence-corrected chi connectivity index (χ3v) is 7.44. The van der Waals surface area contributed by atoms with Crippen LogP contribution >= 0.6 is 0 Å². The smallest absolute Gasteiger partial charge is 0.255 e. The zero-order valence-electron chi connectivity index (χ0n) is 21.8. The molecule has 4 aromatic rings. The Morgan fingerprint density at radius 3 is 2.19 bits per heavy atom. The highest BCUT2D eigenvalue weighted by atomic mass is 16.5. The molecule has 3 aromatic carbocycles. The van der Waals surface area contributed by atoms with Gasteiger partial charge in [-0.15, -0.1) is 0 Å². The van der Waals surface area contributed by atoms with E-state index in [1.54, 1.807) is 14.2 Å². The van der Waals surface area contributed by atoms with E-state index in [2.05, 4.69) is 47.0 Å². The summed E-state index contributed by atoms with van der Waals surface area (Å²) in [5, 5.41) is 0. The van der Waals surface area contributed by atoms with Crippen molar-refractivity contribution in [3.05, 3.63) is 102 Å². The molecule has 1 aromatic heterocycles. The molecule has 1 aliphatic rings. The maximum absolute atomic E-state index is 13.8. The van der Waals surface area contributed by atoms with Crippen molar-refractivity contribution in [2.24, 2.45) is 5.92 Å². The van der Waals surface area contributed by atoms with Gasteiger partial charge < -0.3 is 18.9 Å². The molecular weight excluding hydrogens is 460 g/mol. The summed E-state index contributed by atoms with van der Waals surface area (Å²) in [5.41, 5.74) is 5.89. The molecule has 37 heavy (non-hydrogen) atoms. The molecule has 190 valence electrons. The second-order valence-corrected chi connectivity index (χ2v) is 9.69. The summed E-state index contributed by atoms with van der Waals surface area (Å²) in [7, 11) is 3.30. The fourth-order valence-corrected chi connectivity index (χ4v) is 5.38. The van der Waals surface area contributed by atoms with Gasteiger partial charge in [-0.1, -0.05) is 60.7 Å². The van der Waals surface area contributed by atoms with E-state index in [1.807, 2.05) is 54.3 Å². The Bertz CT molecular complexity index is 1350. The van der Waals surface area contributed by atoms with Gasteiger partial charge in [0.25, 0.3) is 5.91 Å². The summed E-state index contributed by atoms with van der Waals surface area (Å²) in [4.78, 5) is 15.9. The van der Waals surface area contributed by atoms with E-state index in [4.69, 9.17) is 9.47 Å². The Morgan fingerprint density at radius 1 is 0.865 bits per heavy atom. The molecule has 1 saturated heterocycles. The summed E-state index contributed by atoms with van der Waals surface area (Å²) >= 11 is 0. The first-order valence-electron chi connectivity index (χ1n) is 12.9. The van der Waals surface area contributed by atoms with E-state index in [1.165, 1.54) is 5.56 Å². The van der Waals surface area contributed by atoms with Crippen LogP contribution in [-0.4, -0.2) is 42.7 Å². The van der Waals surface area contributed by atoms with Crippen LogP contribution in [0.3, 0.4) is 0 Å². The number of ether oxygens (including phenoxy) is 2. The number of piperidine rings is 1. The minimum atomic E-state index is 0.0964. The zero-order valence-corrected chi connectivity index (χ0v) is 21.8. The van der Waals surface area contributed by atoms with Gasteiger partial charge in [0.05, 0.1) is 31.2 Å². The molecule has 2 heterocycles. The van der Waals surface area contributed by atoms with Crippen molar-refractivity contribution in [3.8, 4) is 28.4 Å². The lowest BCUT2D eigenvalue weighted by Crippen LogP contribution is -2.39. The second kappa shape index (κ2) is 11.0. The number of carbonyl (C=O) groups excluding carboxylic acids is 1. The minimum Gasteiger partial charge on any atom is -0.497 e. The Morgan fingerprint density at radius 2 is 1.54 bits per heavy atom. The summed E-state index contributed by atoms with van der Waals surface area (Å²) in [6, 6.07) is 28.7. The summed E-state index contributed by atoms with van der Waals surface area (Å²) < 4.78 is 13.3. The third kappa shape index (κ3) is 5.12. The zero-order chi connectivity index (χ0) is 25.8. The van der Waals surface area contributed by atoms with E-state index >= 15 is 0 Å². The Labute approximate surface area is 219 Å². The lowest BCUT2D eigenvalue weighted by atomic mass is 9.90. The normalized spacial score (nSPS) is 14.0.